The molecule has 0 bridgehead atoms. The smallest absolute Gasteiger partial charge is 0.261 e. The molecular formula is C16H14Cl2N2O5S2. The number of sulfonamides is 2. The molecule has 2 aromatic carbocycles. The molecule has 1 amide bonds. The van der Waals surface area contributed by atoms with E-state index < -0.39 is 31.9 Å². The van der Waals surface area contributed by atoms with Gasteiger partial charge in [0.2, 0.25) is 15.9 Å². The van der Waals surface area contributed by atoms with Gasteiger partial charge in [-0.15, -0.1) is 0 Å². The molecular weight excluding hydrogens is 435 g/mol. The Morgan fingerprint density at radius 2 is 1.70 bits per heavy atom. The Bertz CT molecular complexity index is 1120. The van der Waals surface area contributed by atoms with Gasteiger partial charge in [-0.2, -0.15) is 0 Å². The maximum atomic E-state index is 12.5. The number of hydrogen-bond donors (Lipinski definition) is 1. The van der Waals surface area contributed by atoms with Crippen LogP contribution in [0.4, 0.5) is 11.4 Å². The van der Waals surface area contributed by atoms with E-state index in [0.29, 0.717) is 4.31 Å². The molecule has 144 valence electrons. The molecule has 1 unspecified atom stereocenters. The van der Waals surface area contributed by atoms with Crippen LogP contribution in [-0.2, 0) is 24.8 Å². The van der Waals surface area contributed by atoms with Gasteiger partial charge < -0.3 is 0 Å². The van der Waals surface area contributed by atoms with Crippen molar-refractivity contribution in [2.24, 2.45) is 5.92 Å². The van der Waals surface area contributed by atoms with Gasteiger partial charge in [0, 0.05) is 0 Å². The molecule has 2 aromatic rings. The molecule has 0 aromatic heterocycles. The molecule has 1 saturated heterocycles. The van der Waals surface area contributed by atoms with Crippen LogP contribution in [0.1, 0.15) is 6.92 Å². The molecule has 0 spiro atoms. The summed E-state index contributed by atoms with van der Waals surface area (Å²) in [6.07, 6.45) is 0. The number of rotatable bonds is 4. The lowest BCUT2D eigenvalue weighted by Crippen LogP contribution is -2.30. The van der Waals surface area contributed by atoms with Gasteiger partial charge in [0.25, 0.3) is 10.0 Å². The molecule has 0 aliphatic carbocycles. The summed E-state index contributed by atoms with van der Waals surface area (Å²) in [6, 6.07) is 9.27. The lowest BCUT2D eigenvalue weighted by atomic mass is 10.2. The third kappa shape index (κ3) is 3.91. The molecule has 1 atom stereocenters. The molecule has 11 heteroatoms. The highest BCUT2D eigenvalue weighted by Gasteiger charge is 2.41. The zero-order valence-corrected chi connectivity index (χ0v) is 17.0. The second-order valence-electron chi connectivity index (χ2n) is 6.01. The van der Waals surface area contributed by atoms with E-state index in [2.05, 4.69) is 4.72 Å². The van der Waals surface area contributed by atoms with Crippen LogP contribution < -0.4 is 9.03 Å². The van der Waals surface area contributed by atoms with E-state index in [4.69, 9.17) is 23.2 Å². The van der Waals surface area contributed by atoms with Gasteiger partial charge in [-0.05, 0) is 42.5 Å². The quantitative estimate of drug-likeness (QED) is 0.773. The van der Waals surface area contributed by atoms with Gasteiger partial charge in [-0.3, -0.25) is 9.52 Å². The van der Waals surface area contributed by atoms with E-state index in [-0.39, 0.29) is 32.1 Å². The van der Waals surface area contributed by atoms with Crippen LogP contribution in [0.3, 0.4) is 0 Å². The lowest BCUT2D eigenvalue weighted by Gasteiger charge is -2.16. The molecule has 1 fully saturated rings. The summed E-state index contributed by atoms with van der Waals surface area (Å²) >= 11 is 11.7. The average Bonchev–Trinajstić information content (AvgIpc) is 2.78. The largest absolute Gasteiger partial charge is 0.280 e. The number of nitrogens with one attached hydrogen (secondary N) is 1. The predicted octanol–water partition coefficient (Wildman–Crippen LogP) is 3.11. The molecule has 1 aliphatic rings. The first-order valence-electron chi connectivity index (χ1n) is 7.66. The van der Waals surface area contributed by atoms with E-state index in [9.17, 15) is 21.6 Å². The predicted molar refractivity (Wildman–Crippen MR) is 104 cm³/mol. The number of benzene rings is 2. The van der Waals surface area contributed by atoms with Crippen LogP contribution in [0.25, 0.3) is 0 Å². The molecule has 7 nitrogen and oxygen atoms in total. The molecule has 3 rings (SSSR count). The van der Waals surface area contributed by atoms with Crippen molar-refractivity contribution in [3.05, 3.63) is 52.5 Å². The third-order valence-electron chi connectivity index (χ3n) is 3.91. The van der Waals surface area contributed by atoms with Crippen molar-refractivity contribution in [3.8, 4) is 0 Å². The summed E-state index contributed by atoms with van der Waals surface area (Å²) in [5.41, 5.74) is 0.317. The number of amides is 1. The highest BCUT2D eigenvalue weighted by molar-refractivity contribution is 7.94. The molecule has 0 radical (unpaired) electrons. The van der Waals surface area contributed by atoms with Gasteiger partial charge >= 0.3 is 0 Å². The standard InChI is InChI=1S/C16H14Cl2N2O5S2/c1-10-9-26(22,23)20(16(10)21)12-3-5-13(6-4-12)27(24,25)19-11-2-7-14(17)15(18)8-11/h2-8,10,19H,9H2,1H3. The van der Waals surface area contributed by atoms with Gasteiger partial charge in [0.15, 0.2) is 0 Å². The summed E-state index contributed by atoms with van der Waals surface area (Å²) in [5.74, 6) is -1.46. The summed E-state index contributed by atoms with van der Waals surface area (Å²) in [5, 5.41) is 0.480. The minimum Gasteiger partial charge on any atom is -0.280 e. The maximum absolute atomic E-state index is 12.5. The molecule has 1 heterocycles. The van der Waals surface area contributed by atoms with Gasteiger partial charge in [0.1, 0.15) is 0 Å². The van der Waals surface area contributed by atoms with Crippen LogP contribution in [0.2, 0.25) is 10.0 Å². The minimum absolute atomic E-state index is 0.0952. The van der Waals surface area contributed by atoms with Crippen molar-refractivity contribution in [2.75, 3.05) is 14.8 Å². The second-order valence-corrected chi connectivity index (χ2v) is 10.4. The maximum Gasteiger partial charge on any atom is 0.261 e. The highest BCUT2D eigenvalue weighted by Crippen LogP contribution is 2.30. The summed E-state index contributed by atoms with van der Waals surface area (Å²) in [7, 11) is -7.69. The highest BCUT2D eigenvalue weighted by atomic mass is 35.5. The number of halogens is 2. The third-order valence-corrected chi connectivity index (χ3v) is 7.92. The summed E-state index contributed by atoms with van der Waals surface area (Å²) in [6.45, 7) is 1.53. The summed E-state index contributed by atoms with van der Waals surface area (Å²) < 4.78 is 52.3. The van der Waals surface area contributed by atoms with Crippen LogP contribution in [-0.4, -0.2) is 28.5 Å². The first-order valence-corrected chi connectivity index (χ1v) is 11.5. The fraction of sp³-hybridized carbons (Fsp3) is 0.188. The Kier molecular flexibility index (Phi) is 5.15. The van der Waals surface area contributed by atoms with Gasteiger partial charge in [-0.1, -0.05) is 30.1 Å². The van der Waals surface area contributed by atoms with Crippen molar-refractivity contribution in [2.45, 2.75) is 11.8 Å². The fourth-order valence-corrected chi connectivity index (χ4v) is 5.79. The van der Waals surface area contributed by atoms with E-state index in [1.165, 1.54) is 49.4 Å². The molecule has 0 saturated carbocycles. The zero-order valence-electron chi connectivity index (χ0n) is 13.9. The first kappa shape index (κ1) is 19.9. The van der Waals surface area contributed by atoms with Crippen molar-refractivity contribution in [1.82, 2.24) is 0 Å². The Morgan fingerprint density at radius 1 is 1.07 bits per heavy atom. The van der Waals surface area contributed by atoms with E-state index >= 15 is 0 Å². The van der Waals surface area contributed by atoms with Crippen LogP contribution >= 0.6 is 23.2 Å². The SMILES string of the molecule is CC1CS(=O)(=O)N(c2ccc(S(=O)(=O)Nc3ccc(Cl)c(Cl)c3)cc2)C1=O. The fourth-order valence-electron chi connectivity index (χ4n) is 2.62. The number of nitrogens with zero attached hydrogens (tertiary/aromatic N) is 1. The Morgan fingerprint density at radius 3 is 2.22 bits per heavy atom. The molecule has 1 aliphatic heterocycles. The van der Waals surface area contributed by atoms with Crippen molar-refractivity contribution in [1.29, 1.82) is 0 Å². The Labute approximate surface area is 167 Å². The Balaban J connectivity index is 1.88. The number of carbonyl (C=O) groups excluding carboxylic acids is 1. The van der Waals surface area contributed by atoms with Gasteiger partial charge in [0.05, 0.1) is 38.0 Å². The summed E-state index contributed by atoms with van der Waals surface area (Å²) in [4.78, 5) is 12.0. The first-order chi connectivity index (χ1) is 12.5. The molecule has 1 N–H and O–H groups in total. The van der Waals surface area contributed by atoms with Crippen LogP contribution in [0.15, 0.2) is 47.4 Å². The average molecular weight is 449 g/mol. The molecule has 27 heavy (non-hydrogen) atoms. The number of hydrogen-bond acceptors (Lipinski definition) is 5. The van der Waals surface area contributed by atoms with Crippen LogP contribution in [0, 0.1) is 5.92 Å². The lowest BCUT2D eigenvalue weighted by molar-refractivity contribution is -0.119. The van der Waals surface area contributed by atoms with E-state index in [1.807, 2.05) is 0 Å². The second kappa shape index (κ2) is 6.97. The van der Waals surface area contributed by atoms with Gasteiger partial charge in [-0.25, -0.2) is 21.1 Å². The normalized spacial score (nSPS) is 19.3. The topological polar surface area (TPSA) is 101 Å². The zero-order chi connectivity index (χ0) is 20.0. The van der Waals surface area contributed by atoms with Crippen molar-refractivity contribution < 1.29 is 21.6 Å². The monoisotopic (exact) mass is 448 g/mol. The minimum atomic E-state index is -3.94. The number of carbonyl (C=O) groups is 1. The van der Waals surface area contributed by atoms with Crippen LogP contribution in [0.5, 0.6) is 0 Å². The van der Waals surface area contributed by atoms with Crippen molar-refractivity contribution >= 4 is 60.5 Å². The van der Waals surface area contributed by atoms with Crippen molar-refractivity contribution in [3.63, 3.8) is 0 Å². The number of anilines is 2. The Hall–Kier alpha value is -1.81. The van der Waals surface area contributed by atoms with E-state index in [1.54, 1.807) is 0 Å². The van der Waals surface area contributed by atoms with E-state index in [0.717, 1.165) is 0 Å².